The van der Waals surface area contributed by atoms with E-state index in [2.05, 4.69) is 41.8 Å². The van der Waals surface area contributed by atoms with Crippen molar-refractivity contribution in [2.75, 3.05) is 18.2 Å². The third-order valence-electron chi connectivity index (χ3n) is 3.79. The van der Waals surface area contributed by atoms with Gasteiger partial charge in [-0.1, -0.05) is 13.8 Å². The summed E-state index contributed by atoms with van der Waals surface area (Å²) >= 11 is 2.31. The minimum Gasteiger partial charge on any atom is -0.399 e. The molecule has 17 heavy (non-hydrogen) atoms. The number of hydrogen-bond donors (Lipinski definition) is 2. The highest BCUT2D eigenvalue weighted by atomic mass is 127. The summed E-state index contributed by atoms with van der Waals surface area (Å²) in [4.78, 5) is 0. The lowest BCUT2D eigenvalue weighted by Crippen LogP contribution is -2.57. The Bertz CT molecular complexity index is 420. The first-order valence-electron chi connectivity index (χ1n) is 5.79. The SMILES string of the molecule is COC1CC(Nc2ccc(N)cc2I)C1(C)C. The maximum absolute atomic E-state index is 5.75. The Balaban J connectivity index is 2.08. The molecule has 0 saturated heterocycles. The summed E-state index contributed by atoms with van der Waals surface area (Å²) in [5.41, 5.74) is 7.90. The fourth-order valence-corrected chi connectivity index (χ4v) is 3.06. The van der Waals surface area contributed by atoms with Gasteiger partial charge in [-0.05, 0) is 47.2 Å². The molecule has 3 nitrogen and oxygen atoms in total. The Morgan fingerprint density at radius 1 is 1.47 bits per heavy atom. The molecular formula is C13H19IN2O. The number of rotatable bonds is 3. The monoisotopic (exact) mass is 346 g/mol. The molecule has 0 heterocycles. The Kier molecular flexibility index (Phi) is 3.54. The van der Waals surface area contributed by atoms with Gasteiger partial charge in [0.15, 0.2) is 0 Å². The largest absolute Gasteiger partial charge is 0.399 e. The molecule has 1 fully saturated rings. The zero-order valence-corrected chi connectivity index (χ0v) is 12.6. The molecule has 0 aliphatic heterocycles. The topological polar surface area (TPSA) is 47.3 Å². The first-order valence-corrected chi connectivity index (χ1v) is 6.87. The quantitative estimate of drug-likeness (QED) is 0.653. The number of halogens is 1. The van der Waals surface area contributed by atoms with E-state index in [-0.39, 0.29) is 5.41 Å². The van der Waals surface area contributed by atoms with Crippen LogP contribution in [0.2, 0.25) is 0 Å². The smallest absolute Gasteiger partial charge is 0.0661 e. The van der Waals surface area contributed by atoms with Crippen LogP contribution < -0.4 is 11.1 Å². The van der Waals surface area contributed by atoms with Crippen LogP contribution in [0.25, 0.3) is 0 Å². The van der Waals surface area contributed by atoms with Gasteiger partial charge < -0.3 is 15.8 Å². The van der Waals surface area contributed by atoms with E-state index >= 15 is 0 Å². The zero-order chi connectivity index (χ0) is 12.6. The Hall–Kier alpha value is -0.490. The van der Waals surface area contributed by atoms with Crippen LogP contribution in [0.4, 0.5) is 11.4 Å². The van der Waals surface area contributed by atoms with Crippen molar-refractivity contribution in [3.05, 3.63) is 21.8 Å². The second-order valence-corrected chi connectivity index (χ2v) is 6.38. The molecule has 1 aromatic rings. The molecule has 94 valence electrons. The van der Waals surface area contributed by atoms with Crippen molar-refractivity contribution < 1.29 is 4.74 Å². The van der Waals surface area contributed by atoms with Gasteiger partial charge in [0, 0.05) is 33.5 Å². The van der Waals surface area contributed by atoms with Crippen molar-refractivity contribution in [3.8, 4) is 0 Å². The molecule has 0 spiro atoms. The van der Waals surface area contributed by atoms with E-state index in [9.17, 15) is 0 Å². The van der Waals surface area contributed by atoms with Crippen LogP contribution in [0.5, 0.6) is 0 Å². The average Bonchev–Trinajstić information content (AvgIpc) is 2.26. The molecule has 3 N–H and O–H groups in total. The first kappa shape index (κ1) is 13.0. The molecule has 0 aromatic heterocycles. The predicted molar refractivity (Wildman–Crippen MR) is 80.2 cm³/mol. The molecule has 1 aliphatic carbocycles. The number of methoxy groups -OCH3 is 1. The summed E-state index contributed by atoms with van der Waals surface area (Å²) in [6, 6.07) is 6.43. The van der Waals surface area contributed by atoms with Gasteiger partial charge in [-0.15, -0.1) is 0 Å². The van der Waals surface area contributed by atoms with E-state index in [4.69, 9.17) is 10.5 Å². The van der Waals surface area contributed by atoms with Gasteiger partial charge in [0.25, 0.3) is 0 Å². The lowest BCUT2D eigenvalue weighted by atomic mass is 9.64. The van der Waals surface area contributed by atoms with Gasteiger partial charge in [-0.3, -0.25) is 0 Å². The summed E-state index contributed by atoms with van der Waals surface area (Å²) in [5, 5.41) is 3.59. The normalized spacial score (nSPS) is 26.4. The van der Waals surface area contributed by atoms with E-state index < -0.39 is 0 Å². The highest BCUT2D eigenvalue weighted by Crippen LogP contribution is 2.44. The molecule has 1 saturated carbocycles. The number of ether oxygens (including phenoxy) is 1. The Labute approximate surface area is 116 Å². The lowest BCUT2D eigenvalue weighted by Gasteiger charge is -2.51. The summed E-state index contributed by atoms with van der Waals surface area (Å²) in [6.45, 7) is 4.49. The van der Waals surface area contributed by atoms with Crippen LogP contribution in [0.15, 0.2) is 18.2 Å². The van der Waals surface area contributed by atoms with Gasteiger partial charge in [0.1, 0.15) is 0 Å². The van der Waals surface area contributed by atoms with Gasteiger partial charge in [0.05, 0.1) is 6.10 Å². The molecule has 2 unspecified atom stereocenters. The average molecular weight is 346 g/mol. The summed E-state index contributed by atoms with van der Waals surface area (Å²) in [7, 11) is 1.79. The number of nitrogens with one attached hydrogen (secondary N) is 1. The maximum atomic E-state index is 5.75. The van der Waals surface area contributed by atoms with Crippen LogP contribution in [0.3, 0.4) is 0 Å². The molecule has 0 bridgehead atoms. The molecule has 1 aromatic carbocycles. The van der Waals surface area contributed by atoms with Crippen LogP contribution in [0.1, 0.15) is 20.3 Å². The van der Waals surface area contributed by atoms with Gasteiger partial charge >= 0.3 is 0 Å². The number of anilines is 2. The molecule has 0 amide bonds. The van der Waals surface area contributed by atoms with Crippen LogP contribution >= 0.6 is 22.6 Å². The first-order chi connectivity index (χ1) is 7.95. The molecule has 2 rings (SSSR count). The highest BCUT2D eigenvalue weighted by Gasteiger charge is 2.48. The van der Waals surface area contributed by atoms with Gasteiger partial charge in [-0.25, -0.2) is 0 Å². The molecule has 4 heteroatoms. The maximum Gasteiger partial charge on any atom is 0.0661 e. The third kappa shape index (κ3) is 2.38. The number of hydrogen-bond acceptors (Lipinski definition) is 3. The summed E-state index contributed by atoms with van der Waals surface area (Å²) < 4.78 is 6.62. The second kappa shape index (κ2) is 4.65. The van der Waals surface area contributed by atoms with Crippen LogP contribution in [-0.4, -0.2) is 19.3 Å². The van der Waals surface area contributed by atoms with Crippen molar-refractivity contribution >= 4 is 34.0 Å². The number of nitrogen functional groups attached to an aromatic ring is 1. The molecular weight excluding hydrogens is 327 g/mol. The van der Waals surface area contributed by atoms with E-state index in [1.165, 1.54) is 3.57 Å². The van der Waals surface area contributed by atoms with E-state index in [0.717, 1.165) is 17.8 Å². The number of nitrogens with two attached hydrogens (primary N) is 1. The van der Waals surface area contributed by atoms with E-state index in [1.54, 1.807) is 7.11 Å². The van der Waals surface area contributed by atoms with E-state index in [0.29, 0.717) is 12.1 Å². The molecule has 0 radical (unpaired) electrons. The lowest BCUT2D eigenvalue weighted by molar-refractivity contribution is -0.0794. The summed E-state index contributed by atoms with van der Waals surface area (Å²) in [5.74, 6) is 0. The fourth-order valence-electron chi connectivity index (χ4n) is 2.37. The van der Waals surface area contributed by atoms with E-state index in [1.807, 2.05) is 18.2 Å². The van der Waals surface area contributed by atoms with Crippen molar-refractivity contribution in [1.82, 2.24) is 0 Å². The molecule has 2 atom stereocenters. The standard InChI is InChI=1S/C13H19IN2O/c1-13(2)11(7-12(13)17-3)16-10-5-4-8(15)6-9(10)14/h4-6,11-12,16H,7,15H2,1-3H3. The molecule has 1 aliphatic rings. The van der Waals surface area contributed by atoms with Crippen molar-refractivity contribution in [2.24, 2.45) is 5.41 Å². The van der Waals surface area contributed by atoms with Gasteiger partial charge in [0.2, 0.25) is 0 Å². The van der Waals surface area contributed by atoms with Gasteiger partial charge in [-0.2, -0.15) is 0 Å². The fraction of sp³-hybridized carbons (Fsp3) is 0.538. The van der Waals surface area contributed by atoms with Crippen LogP contribution in [0, 0.1) is 8.99 Å². The van der Waals surface area contributed by atoms with Crippen molar-refractivity contribution in [2.45, 2.75) is 32.4 Å². The zero-order valence-electron chi connectivity index (χ0n) is 10.5. The minimum absolute atomic E-state index is 0.180. The van der Waals surface area contributed by atoms with Crippen molar-refractivity contribution in [3.63, 3.8) is 0 Å². The van der Waals surface area contributed by atoms with Crippen molar-refractivity contribution in [1.29, 1.82) is 0 Å². The third-order valence-corrected chi connectivity index (χ3v) is 4.68. The second-order valence-electron chi connectivity index (χ2n) is 5.22. The summed E-state index contributed by atoms with van der Waals surface area (Å²) in [6.07, 6.45) is 1.41. The minimum atomic E-state index is 0.180. The predicted octanol–water partition coefficient (Wildman–Crippen LogP) is 3.10. The Morgan fingerprint density at radius 3 is 2.71 bits per heavy atom. The highest BCUT2D eigenvalue weighted by molar-refractivity contribution is 14.1. The Morgan fingerprint density at radius 2 is 2.18 bits per heavy atom. The van der Waals surface area contributed by atoms with Crippen LogP contribution in [-0.2, 0) is 4.74 Å². The number of benzene rings is 1.